The van der Waals surface area contributed by atoms with Crippen molar-refractivity contribution in [3.63, 3.8) is 0 Å². The van der Waals surface area contributed by atoms with Crippen LogP contribution in [0.2, 0.25) is 0 Å². The molecule has 0 bridgehead atoms. The topological polar surface area (TPSA) is 73.0 Å². The van der Waals surface area contributed by atoms with Gasteiger partial charge in [0.2, 0.25) is 0 Å². The minimum absolute atomic E-state index is 0.0351. The summed E-state index contributed by atoms with van der Waals surface area (Å²) in [6, 6.07) is 18.1. The zero-order valence-corrected chi connectivity index (χ0v) is 29.2. The summed E-state index contributed by atoms with van der Waals surface area (Å²) in [6.45, 7) is 18.1. The Labute approximate surface area is 278 Å². The normalized spacial score (nSPS) is 13.7. The molecule has 0 amide bonds. The summed E-state index contributed by atoms with van der Waals surface area (Å²) in [5, 5.41) is 0. The number of nitrogens with two attached hydrogens (primary N) is 1. The second-order valence-electron chi connectivity index (χ2n) is 11.5. The average Bonchev–Trinajstić information content (AvgIpc) is 3.09. The molecule has 1 atom stereocenters. The Morgan fingerprint density at radius 2 is 1.76 bits per heavy atom. The van der Waals surface area contributed by atoms with Crippen molar-refractivity contribution >= 4 is 23.2 Å². The highest BCUT2D eigenvalue weighted by Crippen LogP contribution is 2.29. The second-order valence-corrected chi connectivity index (χ2v) is 11.5. The first kappa shape index (κ1) is 40.3. The molecule has 0 radical (unpaired) electrons. The van der Waals surface area contributed by atoms with Crippen LogP contribution in [0, 0.1) is 17.7 Å². The molecule has 5 heteroatoms. The molecule has 1 unspecified atom stereocenters. The SMILES string of the molecule is C=Cc1ccccc1-c1ccc(C(=O)C(C)C)c(C(=C)CCc2cccc(F)c2)n1.CC.CCCCCC1CCCCC1=O.CN. The summed E-state index contributed by atoms with van der Waals surface area (Å²) in [5.74, 6) is 0.610. The molecule has 46 heavy (non-hydrogen) atoms. The van der Waals surface area contributed by atoms with Crippen LogP contribution in [0.15, 0.2) is 73.8 Å². The van der Waals surface area contributed by atoms with Crippen molar-refractivity contribution in [2.45, 2.75) is 98.8 Å². The number of nitrogens with zero attached hydrogens (tertiary/aromatic N) is 1. The summed E-state index contributed by atoms with van der Waals surface area (Å²) < 4.78 is 13.5. The molecule has 0 saturated heterocycles. The number of rotatable bonds is 12. The Balaban J connectivity index is 0.000000552. The summed E-state index contributed by atoms with van der Waals surface area (Å²) in [7, 11) is 1.50. The quantitative estimate of drug-likeness (QED) is 0.160. The van der Waals surface area contributed by atoms with Gasteiger partial charge in [-0.15, -0.1) is 0 Å². The van der Waals surface area contributed by atoms with Gasteiger partial charge in [0, 0.05) is 29.4 Å². The molecule has 2 aromatic carbocycles. The van der Waals surface area contributed by atoms with E-state index < -0.39 is 0 Å². The van der Waals surface area contributed by atoms with E-state index >= 15 is 0 Å². The van der Waals surface area contributed by atoms with Crippen molar-refractivity contribution in [1.82, 2.24) is 4.98 Å². The number of carbonyl (C=O) groups excluding carboxylic acids is 2. The number of halogens is 1. The van der Waals surface area contributed by atoms with Crippen molar-refractivity contribution in [3.05, 3.63) is 102 Å². The Morgan fingerprint density at radius 3 is 2.39 bits per heavy atom. The fourth-order valence-electron chi connectivity index (χ4n) is 5.40. The van der Waals surface area contributed by atoms with Gasteiger partial charge in [-0.1, -0.05) is 116 Å². The number of carbonyl (C=O) groups is 2. The third-order valence-electron chi connectivity index (χ3n) is 7.92. The molecule has 1 saturated carbocycles. The highest BCUT2D eigenvalue weighted by atomic mass is 19.1. The van der Waals surface area contributed by atoms with Crippen LogP contribution in [0.5, 0.6) is 0 Å². The van der Waals surface area contributed by atoms with E-state index in [1.807, 2.05) is 70.2 Å². The lowest BCUT2D eigenvalue weighted by Crippen LogP contribution is -2.18. The molecule has 1 fully saturated rings. The van der Waals surface area contributed by atoms with E-state index in [0.717, 1.165) is 47.2 Å². The monoisotopic (exact) mass is 628 g/mol. The number of unbranched alkanes of at least 4 members (excludes halogenated alkanes) is 2. The maximum Gasteiger partial charge on any atom is 0.167 e. The Hall–Kier alpha value is -3.70. The number of allylic oxidation sites excluding steroid dienone is 1. The predicted molar refractivity (Wildman–Crippen MR) is 195 cm³/mol. The molecule has 2 N–H and O–H groups in total. The zero-order valence-electron chi connectivity index (χ0n) is 29.2. The maximum absolute atomic E-state index is 13.5. The summed E-state index contributed by atoms with van der Waals surface area (Å²) in [4.78, 5) is 29.0. The minimum Gasteiger partial charge on any atom is -0.333 e. The van der Waals surface area contributed by atoms with Gasteiger partial charge in [-0.2, -0.15) is 0 Å². The van der Waals surface area contributed by atoms with E-state index in [4.69, 9.17) is 4.98 Å². The van der Waals surface area contributed by atoms with Crippen LogP contribution in [-0.2, 0) is 11.2 Å². The lowest BCUT2D eigenvalue weighted by molar-refractivity contribution is -0.124. The van der Waals surface area contributed by atoms with Crippen LogP contribution < -0.4 is 5.73 Å². The van der Waals surface area contributed by atoms with Crippen LogP contribution >= 0.6 is 0 Å². The Kier molecular flexibility index (Phi) is 19.9. The maximum atomic E-state index is 13.5. The first-order valence-corrected chi connectivity index (χ1v) is 17.0. The van der Waals surface area contributed by atoms with E-state index in [0.29, 0.717) is 35.8 Å². The van der Waals surface area contributed by atoms with Crippen molar-refractivity contribution < 1.29 is 14.0 Å². The molecular formula is C41H57FN2O2. The molecule has 1 aliphatic carbocycles. The van der Waals surface area contributed by atoms with Crippen molar-refractivity contribution in [2.75, 3.05) is 7.05 Å². The van der Waals surface area contributed by atoms with Crippen LogP contribution in [0.3, 0.4) is 0 Å². The average molecular weight is 629 g/mol. The fourth-order valence-corrected chi connectivity index (χ4v) is 5.40. The Morgan fingerprint density at radius 1 is 1.04 bits per heavy atom. The first-order valence-electron chi connectivity index (χ1n) is 17.0. The van der Waals surface area contributed by atoms with E-state index in [2.05, 4.69) is 25.8 Å². The third kappa shape index (κ3) is 13.0. The number of pyridine rings is 1. The van der Waals surface area contributed by atoms with Crippen LogP contribution in [0.25, 0.3) is 22.9 Å². The molecule has 1 heterocycles. The molecule has 0 aliphatic heterocycles. The first-order chi connectivity index (χ1) is 22.2. The van der Waals surface area contributed by atoms with E-state index in [9.17, 15) is 14.0 Å². The van der Waals surface area contributed by atoms with Gasteiger partial charge in [0.05, 0.1) is 11.4 Å². The van der Waals surface area contributed by atoms with Gasteiger partial charge in [0.15, 0.2) is 5.78 Å². The molecule has 3 aromatic rings. The molecule has 250 valence electrons. The second kappa shape index (κ2) is 22.7. The van der Waals surface area contributed by atoms with Crippen molar-refractivity contribution in [2.24, 2.45) is 17.6 Å². The van der Waals surface area contributed by atoms with E-state index in [-0.39, 0.29) is 17.5 Å². The highest BCUT2D eigenvalue weighted by Gasteiger charge is 2.21. The minimum atomic E-state index is -0.255. The van der Waals surface area contributed by atoms with Gasteiger partial charge in [0.1, 0.15) is 11.6 Å². The van der Waals surface area contributed by atoms with E-state index in [1.54, 1.807) is 12.1 Å². The number of aryl methyl sites for hydroxylation is 1. The van der Waals surface area contributed by atoms with Gasteiger partial charge in [-0.05, 0) is 80.1 Å². The number of ketones is 2. The predicted octanol–water partition coefficient (Wildman–Crippen LogP) is 10.9. The molecule has 1 aromatic heterocycles. The third-order valence-corrected chi connectivity index (χ3v) is 7.92. The molecule has 0 spiro atoms. The van der Waals surface area contributed by atoms with Crippen LogP contribution in [0.4, 0.5) is 4.39 Å². The van der Waals surface area contributed by atoms with Gasteiger partial charge in [0.25, 0.3) is 0 Å². The number of hydrogen-bond acceptors (Lipinski definition) is 4. The van der Waals surface area contributed by atoms with Crippen LogP contribution in [0.1, 0.15) is 120 Å². The standard InChI is InChI=1S/C27H26FNO.C11H20O.C2H6.CH5N/c1-5-21-10-6-7-12-23(21)25-16-15-24(27(30)18(2)3)26(29-25)19(4)13-14-20-9-8-11-22(28)17-20;1-2-3-4-7-10-8-5-6-9-11(10)12;2*1-2/h5-12,15-18H,1,4,13-14H2,2-3H3;10H,2-9H2,1H3;1-2H3;2H2,1H3. The van der Waals surface area contributed by atoms with Crippen molar-refractivity contribution in [1.29, 1.82) is 0 Å². The summed E-state index contributed by atoms with van der Waals surface area (Å²) >= 11 is 0. The lowest BCUT2D eigenvalue weighted by atomic mass is 9.84. The smallest absolute Gasteiger partial charge is 0.167 e. The number of Topliss-reactive ketones (excluding diaryl/α,β-unsaturated/α-hetero) is 2. The summed E-state index contributed by atoms with van der Waals surface area (Å²) in [5.41, 5.74) is 10.0. The number of hydrogen-bond donors (Lipinski definition) is 1. The molecular weight excluding hydrogens is 571 g/mol. The summed E-state index contributed by atoms with van der Waals surface area (Å²) in [6.07, 6.45) is 12.4. The number of benzene rings is 2. The van der Waals surface area contributed by atoms with Gasteiger partial charge in [-0.3, -0.25) is 9.59 Å². The lowest BCUT2D eigenvalue weighted by Gasteiger charge is -2.19. The van der Waals surface area contributed by atoms with E-state index in [1.165, 1.54) is 51.3 Å². The molecule has 1 aliphatic rings. The van der Waals surface area contributed by atoms with Gasteiger partial charge in [-0.25, -0.2) is 9.37 Å². The fraction of sp³-hybridized carbons (Fsp3) is 0.439. The highest BCUT2D eigenvalue weighted by molar-refractivity contribution is 6.01. The van der Waals surface area contributed by atoms with Crippen LogP contribution in [-0.4, -0.2) is 23.6 Å². The zero-order chi connectivity index (χ0) is 34.5. The molecule has 4 nitrogen and oxygen atoms in total. The number of aromatic nitrogens is 1. The molecule has 4 rings (SSSR count). The Bertz CT molecular complexity index is 1380. The van der Waals surface area contributed by atoms with Gasteiger partial charge >= 0.3 is 0 Å². The largest absolute Gasteiger partial charge is 0.333 e. The van der Waals surface area contributed by atoms with Gasteiger partial charge < -0.3 is 5.73 Å². The van der Waals surface area contributed by atoms with Crippen molar-refractivity contribution in [3.8, 4) is 11.3 Å².